The molecule has 1 fully saturated rings. The Morgan fingerprint density at radius 3 is 2.66 bits per heavy atom. The lowest BCUT2D eigenvalue weighted by atomic mass is 10.0. The SMILES string of the molecule is CNc1cnc(-c2cncc(CN3CCC(F)(F)C3)c2)cc1Cc1cc2c(-c3cccnc3)cncc2[nH]1. The third-order valence-corrected chi connectivity index (χ3v) is 6.96. The van der Waals surface area contributed by atoms with Gasteiger partial charge in [-0.15, -0.1) is 0 Å². The van der Waals surface area contributed by atoms with Gasteiger partial charge in [-0.25, -0.2) is 8.78 Å². The summed E-state index contributed by atoms with van der Waals surface area (Å²) in [5.41, 5.74) is 8.60. The number of H-pyrrole nitrogens is 1. The fourth-order valence-electron chi connectivity index (χ4n) is 5.10. The number of pyridine rings is 4. The highest BCUT2D eigenvalue weighted by molar-refractivity contribution is 5.94. The molecule has 38 heavy (non-hydrogen) atoms. The standard InChI is InChI=1S/C29H27F2N7/c1-32-27-16-36-26(22-7-19(11-34-13-22)17-38-6-4-29(30,31)18-38)9-21(27)8-23-10-24-25(14-35-15-28(24)37-23)20-3-2-5-33-12-20/h2-3,5,7,9-16,32,37H,4,6,8,17-18H2,1H3. The van der Waals surface area contributed by atoms with Crippen molar-refractivity contribution in [3.8, 4) is 22.4 Å². The molecule has 9 heteroatoms. The van der Waals surface area contributed by atoms with Crippen LogP contribution < -0.4 is 5.32 Å². The molecule has 0 atom stereocenters. The van der Waals surface area contributed by atoms with Gasteiger partial charge in [-0.2, -0.15) is 0 Å². The Balaban J connectivity index is 1.28. The lowest BCUT2D eigenvalue weighted by Crippen LogP contribution is -2.24. The Kier molecular flexibility index (Phi) is 6.29. The third-order valence-electron chi connectivity index (χ3n) is 6.96. The van der Waals surface area contributed by atoms with Crippen molar-refractivity contribution in [2.24, 2.45) is 0 Å². The Morgan fingerprint density at radius 2 is 1.87 bits per heavy atom. The van der Waals surface area contributed by atoms with E-state index in [2.05, 4.69) is 42.4 Å². The number of halogens is 2. The van der Waals surface area contributed by atoms with Crippen LogP contribution in [0.2, 0.25) is 0 Å². The molecule has 6 rings (SSSR count). The van der Waals surface area contributed by atoms with E-state index in [9.17, 15) is 8.78 Å². The van der Waals surface area contributed by atoms with Crippen molar-refractivity contribution in [1.82, 2.24) is 29.8 Å². The fourth-order valence-corrected chi connectivity index (χ4v) is 5.10. The maximum atomic E-state index is 13.6. The molecule has 0 aliphatic carbocycles. The van der Waals surface area contributed by atoms with E-state index in [1.165, 1.54) is 0 Å². The molecule has 0 aromatic carbocycles. The van der Waals surface area contributed by atoms with Crippen LogP contribution in [0, 0.1) is 0 Å². The Labute approximate surface area is 219 Å². The van der Waals surface area contributed by atoms with Gasteiger partial charge in [0.05, 0.1) is 35.8 Å². The minimum Gasteiger partial charge on any atom is -0.387 e. The predicted molar refractivity (Wildman–Crippen MR) is 144 cm³/mol. The smallest absolute Gasteiger partial charge is 0.261 e. The Bertz CT molecular complexity index is 1580. The van der Waals surface area contributed by atoms with Gasteiger partial charge in [-0.05, 0) is 35.4 Å². The molecule has 0 spiro atoms. The number of hydrogen-bond donors (Lipinski definition) is 2. The largest absolute Gasteiger partial charge is 0.387 e. The minimum atomic E-state index is -2.61. The zero-order valence-corrected chi connectivity index (χ0v) is 21.0. The topological polar surface area (TPSA) is 82.6 Å². The summed E-state index contributed by atoms with van der Waals surface area (Å²) in [4.78, 5) is 23.0. The van der Waals surface area contributed by atoms with Gasteiger partial charge in [0, 0.05) is 91.7 Å². The molecule has 0 saturated carbocycles. The van der Waals surface area contributed by atoms with Gasteiger partial charge in [-0.1, -0.05) is 6.07 Å². The van der Waals surface area contributed by atoms with Crippen LogP contribution in [0.1, 0.15) is 23.2 Å². The first-order valence-electron chi connectivity index (χ1n) is 12.5. The van der Waals surface area contributed by atoms with Gasteiger partial charge in [-0.3, -0.25) is 24.8 Å². The summed E-state index contributed by atoms with van der Waals surface area (Å²) in [6.45, 7) is 0.623. The summed E-state index contributed by atoms with van der Waals surface area (Å²) in [7, 11) is 1.88. The highest BCUT2D eigenvalue weighted by Crippen LogP contribution is 2.31. The second-order valence-electron chi connectivity index (χ2n) is 9.74. The number of aromatic nitrogens is 5. The highest BCUT2D eigenvalue weighted by Gasteiger charge is 2.37. The monoisotopic (exact) mass is 511 g/mol. The molecule has 0 unspecified atom stereocenters. The fraction of sp³-hybridized carbons (Fsp3) is 0.241. The number of likely N-dealkylation sites (tertiary alicyclic amines) is 1. The maximum Gasteiger partial charge on any atom is 0.261 e. The van der Waals surface area contributed by atoms with E-state index in [0.717, 1.165) is 55.8 Å². The van der Waals surface area contributed by atoms with Gasteiger partial charge in [0.25, 0.3) is 5.92 Å². The Morgan fingerprint density at radius 1 is 1.00 bits per heavy atom. The molecular formula is C29H27F2N7. The molecule has 1 aliphatic heterocycles. The van der Waals surface area contributed by atoms with E-state index >= 15 is 0 Å². The van der Waals surface area contributed by atoms with Crippen molar-refractivity contribution in [2.75, 3.05) is 25.5 Å². The van der Waals surface area contributed by atoms with Crippen LogP contribution in [0.4, 0.5) is 14.5 Å². The minimum absolute atomic E-state index is 0.0932. The summed E-state index contributed by atoms with van der Waals surface area (Å²) in [5, 5.41) is 4.33. The van der Waals surface area contributed by atoms with E-state index in [1.54, 1.807) is 23.5 Å². The normalized spacial score (nSPS) is 15.2. The van der Waals surface area contributed by atoms with Gasteiger partial charge in [0.2, 0.25) is 0 Å². The van der Waals surface area contributed by atoms with E-state index in [0.29, 0.717) is 19.5 Å². The maximum absolute atomic E-state index is 13.6. The molecule has 7 nitrogen and oxygen atoms in total. The van der Waals surface area contributed by atoms with Crippen molar-refractivity contribution < 1.29 is 8.78 Å². The molecule has 192 valence electrons. The number of nitrogens with one attached hydrogen (secondary N) is 2. The van der Waals surface area contributed by atoms with Crippen molar-refractivity contribution in [3.05, 3.63) is 90.5 Å². The molecule has 0 amide bonds. The van der Waals surface area contributed by atoms with Crippen LogP contribution in [0.5, 0.6) is 0 Å². The average molecular weight is 512 g/mol. The zero-order valence-electron chi connectivity index (χ0n) is 21.0. The Hall–Kier alpha value is -4.24. The van der Waals surface area contributed by atoms with Gasteiger partial charge >= 0.3 is 0 Å². The van der Waals surface area contributed by atoms with E-state index in [-0.39, 0.29) is 13.0 Å². The molecule has 0 bridgehead atoms. The number of rotatable bonds is 7. The summed E-state index contributed by atoms with van der Waals surface area (Å²) in [5.74, 6) is -2.61. The quantitative estimate of drug-likeness (QED) is 0.298. The number of alkyl halides is 2. The molecule has 2 N–H and O–H groups in total. The van der Waals surface area contributed by atoms with Crippen LogP contribution in [0.25, 0.3) is 33.3 Å². The number of hydrogen-bond acceptors (Lipinski definition) is 6. The summed E-state index contributed by atoms with van der Waals surface area (Å²) < 4.78 is 27.3. The van der Waals surface area contributed by atoms with Crippen molar-refractivity contribution >= 4 is 16.6 Å². The number of fused-ring (bicyclic) bond motifs is 1. The van der Waals surface area contributed by atoms with Crippen LogP contribution in [0.3, 0.4) is 0 Å². The first-order chi connectivity index (χ1) is 18.5. The molecule has 0 radical (unpaired) electrons. The van der Waals surface area contributed by atoms with E-state index < -0.39 is 5.92 Å². The first-order valence-corrected chi connectivity index (χ1v) is 12.5. The third kappa shape index (κ3) is 4.97. The lowest BCUT2D eigenvalue weighted by molar-refractivity contribution is 0.0115. The lowest BCUT2D eigenvalue weighted by Gasteiger charge is -2.16. The second-order valence-corrected chi connectivity index (χ2v) is 9.74. The van der Waals surface area contributed by atoms with E-state index in [1.807, 2.05) is 50.0 Å². The van der Waals surface area contributed by atoms with Crippen molar-refractivity contribution in [3.63, 3.8) is 0 Å². The zero-order chi connectivity index (χ0) is 26.1. The molecule has 1 aliphatic rings. The van der Waals surface area contributed by atoms with E-state index in [4.69, 9.17) is 0 Å². The number of aromatic amines is 1. The molecule has 5 aromatic rings. The van der Waals surface area contributed by atoms with Gasteiger partial charge < -0.3 is 10.3 Å². The highest BCUT2D eigenvalue weighted by atomic mass is 19.3. The van der Waals surface area contributed by atoms with Crippen LogP contribution in [-0.4, -0.2) is 55.9 Å². The van der Waals surface area contributed by atoms with Crippen molar-refractivity contribution in [1.29, 1.82) is 0 Å². The van der Waals surface area contributed by atoms with Crippen molar-refractivity contribution in [2.45, 2.75) is 25.3 Å². The molecule has 5 aromatic heterocycles. The summed E-state index contributed by atoms with van der Waals surface area (Å²) in [6, 6.07) is 10.2. The summed E-state index contributed by atoms with van der Waals surface area (Å²) in [6.07, 6.45) is 13.2. The second kappa shape index (κ2) is 9.90. The average Bonchev–Trinajstić information content (AvgIpc) is 3.50. The summed E-state index contributed by atoms with van der Waals surface area (Å²) >= 11 is 0. The first kappa shape index (κ1) is 24.1. The van der Waals surface area contributed by atoms with Gasteiger partial charge in [0.15, 0.2) is 0 Å². The number of anilines is 1. The molecule has 1 saturated heterocycles. The number of nitrogens with zero attached hydrogens (tertiary/aromatic N) is 5. The predicted octanol–water partition coefficient (Wildman–Crippen LogP) is 5.56. The van der Waals surface area contributed by atoms with Crippen LogP contribution in [-0.2, 0) is 13.0 Å². The van der Waals surface area contributed by atoms with Crippen LogP contribution in [0.15, 0.2) is 73.7 Å². The molecule has 6 heterocycles. The molecular weight excluding hydrogens is 484 g/mol. The van der Waals surface area contributed by atoms with Crippen LogP contribution >= 0.6 is 0 Å². The van der Waals surface area contributed by atoms with Gasteiger partial charge in [0.1, 0.15) is 0 Å².